The second kappa shape index (κ2) is 50.8. The van der Waals surface area contributed by atoms with Gasteiger partial charge in [-0.2, -0.15) is 0 Å². The van der Waals surface area contributed by atoms with Crippen LogP contribution in [0.1, 0.15) is 269 Å². The minimum Gasteiger partial charge on any atom is -0.469 e. The van der Waals surface area contributed by atoms with Crippen LogP contribution in [0, 0.1) is 38.3 Å². The molecule has 0 radical (unpaired) electrons. The van der Waals surface area contributed by atoms with Crippen molar-refractivity contribution in [1.82, 2.24) is 0 Å². The maximum atomic E-state index is 11.7. The van der Waals surface area contributed by atoms with E-state index in [2.05, 4.69) is 178 Å². The fourth-order valence-corrected chi connectivity index (χ4v) is 14.4. The predicted octanol–water partition coefficient (Wildman–Crippen LogP) is 22.8. The Labute approximate surface area is 739 Å². The van der Waals surface area contributed by atoms with Crippen molar-refractivity contribution in [2.45, 2.75) is 238 Å². The van der Waals surface area contributed by atoms with E-state index >= 15 is 0 Å². The maximum Gasteiger partial charge on any atom is 0.333 e. The maximum absolute atomic E-state index is 11.7. The van der Waals surface area contributed by atoms with Crippen LogP contribution in [0.5, 0.6) is 0 Å². The third-order valence-corrected chi connectivity index (χ3v) is 20.3. The van der Waals surface area contributed by atoms with Crippen LogP contribution >= 0.6 is 0 Å². The van der Waals surface area contributed by atoms with E-state index in [0.29, 0.717) is 33.4 Å². The molecule has 6 aliphatic carbocycles. The minimum absolute atomic E-state index is 0.0468. The Bertz CT molecular complexity index is 4290. The molecule has 6 unspecified atom stereocenters. The summed E-state index contributed by atoms with van der Waals surface area (Å²) < 4.78 is 45.8. The second-order valence-electron chi connectivity index (χ2n) is 34.9. The van der Waals surface area contributed by atoms with E-state index in [-0.39, 0.29) is 117 Å². The monoisotopic (exact) mass is 1710 g/mol. The molecule has 12 rings (SSSR count). The van der Waals surface area contributed by atoms with Gasteiger partial charge in [0.05, 0.1) is 14.2 Å². The lowest BCUT2D eigenvalue weighted by Crippen LogP contribution is -2.23. The highest BCUT2D eigenvalue weighted by atomic mass is 16.6. The van der Waals surface area contributed by atoms with Crippen LogP contribution in [0.25, 0.3) is 4.85 Å². The van der Waals surface area contributed by atoms with Gasteiger partial charge in [-0.1, -0.05) is 282 Å². The molecule has 0 spiro atoms. The van der Waals surface area contributed by atoms with E-state index in [1.54, 1.807) is 55.8 Å². The van der Waals surface area contributed by atoms with E-state index in [9.17, 15) is 38.4 Å². The summed E-state index contributed by atoms with van der Waals surface area (Å²) in [6.45, 7) is 70.1. The first-order valence-corrected chi connectivity index (χ1v) is 41.1. The van der Waals surface area contributed by atoms with Crippen molar-refractivity contribution < 1.29 is 85.9 Å². The summed E-state index contributed by atoms with van der Waals surface area (Å²) >= 11 is 0. The van der Waals surface area contributed by atoms with E-state index in [1.165, 1.54) is 68.5 Å². The molecule has 0 aromatic heterocycles. The third kappa shape index (κ3) is 34.2. The van der Waals surface area contributed by atoms with Gasteiger partial charge in [0, 0.05) is 88.1 Å². The number of fused-ring (bicyclic) bond motifs is 6. The molecule has 0 aliphatic heterocycles. The normalized spacial score (nSPS) is 18.1. The minimum atomic E-state index is -0.500. The molecule has 0 saturated heterocycles. The second-order valence-corrected chi connectivity index (χ2v) is 34.9. The molecule has 0 heterocycles. The van der Waals surface area contributed by atoms with Crippen molar-refractivity contribution >= 4 is 47.8 Å². The Balaban J connectivity index is 0.000000709. The molecule has 124 heavy (non-hydrogen) atoms. The van der Waals surface area contributed by atoms with Gasteiger partial charge in [0.15, 0.2) is 7.05 Å². The summed E-state index contributed by atoms with van der Waals surface area (Å²) in [5.41, 5.74) is 17.1. The van der Waals surface area contributed by atoms with E-state index in [0.717, 1.165) is 79.0 Å². The SMILES string of the molecule is C=C(C)C(=O)OC1CC(C)(C)c2ccccc21.C=C(C)C(=O)OC1CC(C)(C)c2ccccc21.C=C(C)C(=O)OC1c2ccccc2CC1(C)C.C=C(C)C(=O)OC1c2ccccc2CC1(C)C.C=C(C)C(=O)OC1c2ccccc2CC1(C)C.C=C(C)C(=O)OC1c2ccccc2CC1(C)C.CC.COC.COC(C)=O.COC(C)=O.C[N+](=O)[O-].[C-]#[N+]C. The first-order chi connectivity index (χ1) is 57.6. The Kier molecular flexibility index (Phi) is 45.2. The molecule has 0 fully saturated rings. The molecule has 674 valence electrons. The largest absolute Gasteiger partial charge is 0.469 e. The number of benzene rings is 6. The lowest BCUT2D eigenvalue weighted by Gasteiger charge is -2.27. The van der Waals surface area contributed by atoms with Crippen LogP contribution in [0.3, 0.4) is 0 Å². The Morgan fingerprint density at radius 1 is 0.355 bits per heavy atom. The van der Waals surface area contributed by atoms with Crippen LogP contribution < -0.4 is 0 Å². The number of carbonyl (C=O) groups is 8. The van der Waals surface area contributed by atoms with Gasteiger partial charge in [0.1, 0.15) is 36.6 Å². The molecular formula is C103H138N2O19. The number of ether oxygens (including phenoxy) is 9. The van der Waals surface area contributed by atoms with Gasteiger partial charge in [-0.15, -0.1) is 0 Å². The number of esters is 8. The molecule has 6 aromatic rings. The highest BCUT2D eigenvalue weighted by Gasteiger charge is 2.46. The lowest BCUT2D eigenvalue weighted by atomic mass is 9.87. The number of methoxy groups -OCH3 is 3. The Morgan fingerprint density at radius 3 is 0.677 bits per heavy atom. The van der Waals surface area contributed by atoms with E-state index in [1.807, 2.05) is 123 Å². The number of nitrogens with zero attached hydrogens (tertiary/aromatic N) is 2. The highest BCUT2D eigenvalue weighted by molar-refractivity contribution is 5.90. The molecular weight excluding hydrogens is 1570 g/mol. The van der Waals surface area contributed by atoms with Gasteiger partial charge >= 0.3 is 47.8 Å². The van der Waals surface area contributed by atoms with E-state index < -0.39 is 4.92 Å². The fraction of sp³-hybridized carbons (Fsp3) is 0.447. The lowest BCUT2D eigenvalue weighted by molar-refractivity contribution is -0.445. The number of carbonyl (C=O) groups excluding carboxylic acids is 8. The van der Waals surface area contributed by atoms with Gasteiger partial charge in [-0.05, 0) is 158 Å². The standard InChI is InChI=1S/6C15H18O2.2C3H6O2.C2H3N.C2H6O.C2H6.CH3NO2/c2*1-10(2)14(16)17-13-9-15(3,4)12-8-6-5-7-11(12)13;4*1-10(2)14(16)17-13-12-8-6-5-7-11(12)9-15(13,3)4;2*1-3(4)5-2;2*1-3-2;1-2;1-2(3)4/h6*5-8,13H,1,9H2,2-4H3;2*1-2H3;1H3;1-2H3;1-2H3;1H3. The van der Waals surface area contributed by atoms with Crippen molar-refractivity contribution in [3.8, 4) is 0 Å². The molecule has 0 saturated carbocycles. The first kappa shape index (κ1) is 110. The Hall–Kier alpha value is -11.6. The van der Waals surface area contributed by atoms with Crippen molar-refractivity contribution in [3.63, 3.8) is 0 Å². The first-order valence-electron chi connectivity index (χ1n) is 41.1. The van der Waals surface area contributed by atoms with Crippen LogP contribution in [0.2, 0.25) is 0 Å². The number of hydrogen-bond acceptors (Lipinski definition) is 19. The van der Waals surface area contributed by atoms with Crippen molar-refractivity contribution in [3.05, 3.63) is 307 Å². The van der Waals surface area contributed by atoms with Crippen LogP contribution in [-0.2, 0) is 118 Å². The molecule has 6 aromatic carbocycles. The summed E-state index contributed by atoms with van der Waals surface area (Å²) in [5, 5.41) is 8.81. The van der Waals surface area contributed by atoms with Gasteiger partial charge in [0.25, 0.3) is 0 Å². The van der Waals surface area contributed by atoms with Crippen LogP contribution in [0.15, 0.2) is 219 Å². The predicted molar refractivity (Wildman–Crippen MR) is 491 cm³/mol. The number of nitro groups is 1. The Morgan fingerprint density at radius 2 is 0.508 bits per heavy atom. The zero-order valence-electron chi connectivity index (χ0n) is 79.0. The van der Waals surface area contributed by atoms with Gasteiger partial charge in [0.2, 0.25) is 7.05 Å². The molecule has 0 amide bonds. The van der Waals surface area contributed by atoms with Crippen molar-refractivity contribution in [2.75, 3.05) is 42.5 Å². The average molecular weight is 1710 g/mol. The molecule has 0 bridgehead atoms. The summed E-state index contributed by atoms with van der Waals surface area (Å²) in [7, 11) is 8.25. The quantitative estimate of drug-likeness (QED) is 0.0275. The summed E-state index contributed by atoms with van der Waals surface area (Å²) in [4.78, 5) is 100. The van der Waals surface area contributed by atoms with Crippen molar-refractivity contribution in [2.24, 2.45) is 21.7 Å². The number of rotatable bonds is 12. The van der Waals surface area contributed by atoms with E-state index in [4.69, 9.17) is 45.1 Å². The molecule has 21 heteroatoms. The molecule has 21 nitrogen and oxygen atoms in total. The molecule has 6 atom stereocenters. The van der Waals surface area contributed by atoms with Crippen LogP contribution in [0.4, 0.5) is 0 Å². The third-order valence-electron chi connectivity index (χ3n) is 20.3. The van der Waals surface area contributed by atoms with Gasteiger partial charge in [-0.25, -0.2) is 35.3 Å². The average Bonchev–Trinajstić information content (AvgIpc) is 1.67. The van der Waals surface area contributed by atoms with Crippen LogP contribution in [-0.4, -0.2) is 95.2 Å². The zero-order valence-corrected chi connectivity index (χ0v) is 79.0. The summed E-state index contributed by atoms with van der Waals surface area (Å²) in [6, 6.07) is 49.0. The molecule has 6 aliphatic rings. The van der Waals surface area contributed by atoms with Gasteiger partial charge in [-0.3, -0.25) is 19.7 Å². The summed E-state index contributed by atoms with van der Waals surface area (Å²) in [5.74, 6) is -2.32. The topological polar surface area (TPSA) is 267 Å². The smallest absolute Gasteiger partial charge is 0.333 e. The molecule has 0 N–H and O–H groups in total. The number of hydrogen-bond donors (Lipinski definition) is 0. The summed E-state index contributed by atoms with van der Waals surface area (Å²) in [6.07, 6.45) is 4.52. The highest BCUT2D eigenvalue weighted by Crippen LogP contribution is 2.53. The zero-order chi connectivity index (χ0) is 95.3. The fourth-order valence-electron chi connectivity index (χ4n) is 14.4. The van der Waals surface area contributed by atoms with Crippen molar-refractivity contribution in [1.29, 1.82) is 0 Å². The van der Waals surface area contributed by atoms with Gasteiger partial charge < -0.3 is 47.5 Å².